The molecule has 0 atom stereocenters. The lowest BCUT2D eigenvalue weighted by Crippen LogP contribution is -2.23. The van der Waals surface area contributed by atoms with Crippen molar-refractivity contribution in [3.63, 3.8) is 0 Å². The molecule has 0 amide bonds. The molecule has 0 unspecified atom stereocenters. The van der Waals surface area contributed by atoms with Gasteiger partial charge >= 0.3 is 5.99 Å². The minimum atomic E-state index is -3.77. The second kappa shape index (κ2) is 8.41. The summed E-state index contributed by atoms with van der Waals surface area (Å²) in [6.07, 6.45) is 3.00. The predicted octanol–water partition coefficient (Wildman–Crippen LogP) is 4.22. The smallest absolute Gasteiger partial charge is 0.278 e. The van der Waals surface area contributed by atoms with Crippen molar-refractivity contribution in [1.29, 1.82) is 5.26 Å². The van der Waals surface area contributed by atoms with E-state index >= 15 is 0 Å². The van der Waals surface area contributed by atoms with Crippen LogP contribution in [0.2, 0.25) is 13.1 Å². The maximum Gasteiger partial charge on any atom is 0.341 e. The summed E-state index contributed by atoms with van der Waals surface area (Å²) in [4.78, 5) is 0. The highest BCUT2D eigenvalue weighted by Crippen LogP contribution is 2.32. The molecule has 0 aromatic heterocycles. The maximum atomic E-state index is 12.1. The Morgan fingerprint density at radius 2 is 2.12 bits per heavy atom. The second-order valence-corrected chi connectivity index (χ2v) is 8.53. The van der Waals surface area contributed by atoms with Crippen LogP contribution in [-0.2, 0) is 14.3 Å². The molecule has 25 heavy (non-hydrogen) atoms. The summed E-state index contributed by atoms with van der Waals surface area (Å²) in [5.74, 6) is -0.625. The van der Waals surface area contributed by atoms with E-state index in [4.69, 9.17) is 4.28 Å². The summed E-state index contributed by atoms with van der Waals surface area (Å²) < 4.78 is 29.1. The fourth-order valence-electron chi connectivity index (χ4n) is 2.39. The molecule has 0 saturated heterocycles. The Morgan fingerprint density at radius 1 is 1.40 bits per heavy atom. The van der Waals surface area contributed by atoms with Crippen LogP contribution in [0.3, 0.4) is 0 Å². The zero-order chi connectivity index (χ0) is 18.4. The number of nitrogens with zero attached hydrogens (tertiary/aromatic N) is 2. The lowest BCUT2D eigenvalue weighted by Gasteiger charge is -2.09. The van der Waals surface area contributed by atoms with Gasteiger partial charge in [0.05, 0.1) is 5.57 Å². The topological polar surface area (TPSA) is 79.5 Å². The lowest BCUT2D eigenvalue weighted by atomic mass is 9.74. The Balaban J connectivity index is 2.37. The van der Waals surface area contributed by atoms with E-state index in [1.54, 1.807) is 18.3 Å². The first-order valence-corrected chi connectivity index (χ1v) is 10.3. The molecule has 0 aliphatic carbocycles. The van der Waals surface area contributed by atoms with Crippen LogP contribution >= 0.6 is 11.8 Å². The summed E-state index contributed by atoms with van der Waals surface area (Å²) in [5, 5.41) is 15.6. The maximum absolute atomic E-state index is 12.1. The van der Waals surface area contributed by atoms with E-state index in [9.17, 15) is 13.7 Å². The molecule has 0 N–H and O–H groups in total. The second-order valence-electron chi connectivity index (χ2n) is 5.70. The molecule has 0 spiro atoms. The van der Waals surface area contributed by atoms with Crippen molar-refractivity contribution in [1.82, 2.24) is 0 Å². The third-order valence-electron chi connectivity index (χ3n) is 3.85. The quantitative estimate of drug-likeness (QED) is 0.423. The van der Waals surface area contributed by atoms with E-state index in [-0.39, 0.29) is 0 Å². The summed E-state index contributed by atoms with van der Waals surface area (Å²) in [5.41, 5.74) is 2.77. The largest absolute Gasteiger partial charge is 0.341 e. The Labute approximate surface area is 153 Å². The van der Waals surface area contributed by atoms with E-state index in [0.29, 0.717) is 22.5 Å². The van der Waals surface area contributed by atoms with E-state index in [1.807, 2.05) is 38.1 Å². The summed E-state index contributed by atoms with van der Waals surface area (Å²) >= 11 is 1.23. The van der Waals surface area contributed by atoms with Crippen LogP contribution in [-0.4, -0.2) is 19.5 Å². The van der Waals surface area contributed by atoms with Gasteiger partial charge in [-0.05, 0) is 29.5 Å². The number of rotatable bonds is 6. The third-order valence-corrected chi connectivity index (χ3v) is 6.15. The Kier molecular flexibility index (Phi) is 6.51. The first kappa shape index (κ1) is 19.4. The minimum absolute atomic E-state index is 0.368. The van der Waals surface area contributed by atoms with Gasteiger partial charge < -0.3 is 0 Å². The summed E-state index contributed by atoms with van der Waals surface area (Å²) in [7, 11) is -3.77. The van der Waals surface area contributed by atoms with Gasteiger partial charge in [0.25, 0.3) is 9.97 Å². The van der Waals surface area contributed by atoms with Gasteiger partial charge in [0.1, 0.15) is 11.1 Å². The van der Waals surface area contributed by atoms with Gasteiger partial charge in [-0.3, -0.25) is 4.28 Å². The molecule has 1 aromatic carbocycles. The van der Waals surface area contributed by atoms with Crippen LogP contribution in [0.5, 0.6) is 0 Å². The van der Waals surface area contributed by atoms with Gasteiger partial charge in [-0.15, -0.1) is 0 Å². The van der Waals surface area contributed by atoms with E-state index < -0.39 is 16.0 Å². The number of allylic oxidation sites excluding steroid dienone is 2. The number of oxime groups is 1. The molecule has 8 heteroatoms. The Hall–Kier alpha value is -1.98. The van der Waals surface area contributed by atoms with E-state index in [2.05, 4.69) is 11.2 Å². The monoisotopic (exact) mass is 374 g/mol. The fraction of sp³-hybridized carbons (Fsp3) is 0.294. The van der Waals surface area contributed by atoms with Crippen LogP contribution in [0.1, 0.15) is 24.5 Å². The molecule has 0 radical (unpaired) electrons. The molecule has 1 aromatic rings. The molecule has 0 bridgehead atoms. The lowest BCUT2D eigenvalue weighted by molar-refractivity contribution is 0.350. The SMILES string of the molecule is CCCB(C)S(=O)(=O)O/N=C1\SC=C\C1=C(\C#N)c1ccccc1C. The van der Waals surface area contributed by atoms with Gasteiger partial charge in [0.15, 0.2) is 0 Å². The van der Waals surface area contributed by atoms with Gasteiger partial charge in [-0.25, -0.2) is 0 Å². The fourth-order valence-corrected chi connectivity index (χ4v) is 4.00. The highest BCUT2D eigenvalue weighted by molar-refractivity contribution is 8.17. The Morgan fingerprint density at radius 3 is 2.76 bits per heavy atom. The van der Waals surface area contributed by atoms with Crippen molar-refractivity contribution >= 4 is 38.3 Å². The zero-order valence-corrected chi connectivity index (χ0v) is 16.0. The summed E-state index contributed by atoms with van der Waals surface area (Å²) in [6.45, 7) is 5.43. The van der Waals surface area contributed by atoms with Gasteiger partial charge in [0.2, 0.25) is 0 Å². The first-order chi connectivity index (χ1) is 11.9. The molecule has 1 aliphatic heterocycles. The van der Waals surface area contributed by atoms with E-state index in [1.165, 1.54) is 11.8 Å². The average molecular weight is 374 g/mol. The Bertz CT molecular complexity index is 883. The number of hydrogen-bond donors (Lipinski definition) is 0. The van der Waals surface area contributed by atoms with Crippen molar-refractivity contribution in [2.45, 2.75) is 33.4 Å². The number of thioether (sulfide) groups is 1. The van der Waals surface area contributed by atoms with Crippen LogP contribution in [0.4, 0.5) is 0 Å². The standard InChI is InChI=1S/C17H19BN2O3S2/c1-4-10-18(3)25(21,22)23-20-17-15(9-11-24-17)16(12-19)14-8-6-5-7-13(14)2/h5-9,11H,4,10H2,1-3H3/b16-15+,20-17-. The van der Waals surface area contributed by atoms with Crippen LogP contribution in [0, 0.1) is 18.3 Å². The van der Waals surface area contributed by atoms with Crippen molar-refractivity contribution in [2.75, 3.05) is 0 Å². The first-order valence-electron chi connectivity index (χ1n) is 7.95. The molecule has 0 saturated carbocycles. The summed E-state index contributed by atoms with van der Waals surface area (Å²) in [6, 6.07) is 9.74. The minimum Gasteiger partial charge on any atom is -0.278 e. The molecule has 2 rings (SSSR count). The highest BCUT2D eigenvalue weighted by Gasteiger charge is 2.28. The highest BCUT2D eigenvalue weighted by atomic mass is 32.2. The zero-order valence-electron chi connectivity index (χ0n) is 14.4. The molecular formula is C17H19BN2O3S2. The van der Waals surface area contributed by atoms with Crippen LogP contribution in [0.15, 0.2) is 46.5 Å². The average Bonchev–Trinajstić information content (AvgIpc) is 3.04. The molecule has 5 nitrogen and oxygen atoms in total. The number of nitriles is 1. The number of aryl methyl sites for hydroxylation is 1. The molecule has 1 heterocycles. The predicted molar refractivity (Wildman–Crippen MR) is 105 cm³/mol. The van der Waals surface area contributed by atoms with Crippen molar-refractivity contribution < 1.29 is 12.7 Å². The third kappa shape index (κ3) is 4.56. The number of benzene rings is 1. The van der Waals surface area contributed by atoms with Crippen LogP contribution in [0.25, 0.3) is 5.57 Å². The van der Waals surface area contributed by atoms with Crippen LogP contribution < -0.4 is 0 Å². The van der Waals surface area contributed by atoms with Crippen molar-refractivity contribution in [3.05, 3.63) is 52.4 Å². The normalized spacial score (nSPS) is 17.4. The van der Waals surface area contributed by atoms with Gasteiger partial charge in [-0.2, -0.15) is 13.7 Å². The van der Waals surface area contributed by atoms with E-state index in [0.717, 1.165) is 17.5 Å². The number of hydrogen-bond acceptors (Lipinski definition) is 6. The van der Waals surface area contributed by atoms with Gasteiger partial charge in [-0.1, -0.05) is 67.7 Å². The molecular weight excluding hydrogens is 355 g/mol. The molecule has 1 aliphatic rings. The molecule has 0 fully saturated rings. The molecule has 130 valence electrons. The van der Waals surface area contributed by atoms with Gasteiger partial charge in [0, 0.05) is 5.57 Å². The van der Waals surface area contributed by atoms with Crippen molar-refractivity contribution in [2.24, 2.45) is 5.16 Å². The van der Waals surface area contributed by atoms with Crippen molar-refractivity contribution in [3.8, 4) is 6.07 Å².